The van der Waals surface area contributed by atoms with Gasteiger partial charge in [-0.15, -0.1) is 0 Å². The van der Waals surface area contributed by atoms with Crippen LogP contribution < -0.4 is 26.8 Å². The van der Waals surface area contributed by atoms with E-state index in [2.05, 4.69) is 70.1 Å². The summed E-state index contributed by atoms with van der Waals surface area (Å²) in [5, 5.41) is 19.1. The predicted molar refractivity (Wildman–Crippen MR) is 191 cm³/mol. The van der Waals surface area contributed by atoms with E-state index in [1.54, 1.807) is 41.5 Å². The number of carbonyl (C=O) groups excluding carboxylic acids is 4. The second kappa shape index (κ2) is 18.8. The highest BCUT2D eigenvalue weighted by atomic mass is 127. The summed E-state index contributed by atoms with van der Waals surface area (Å²) in [6, 6.07) is 6.66. The molecule has 4 atom stereocenters. The molecule has 0 radical (unpaired) electrons. The summed E-state index contributed by atoms with van der Waals surface area (Å²) in [6.07, 6.45) is -3.03. The van der Waals surface area contributed by atoms with Gasteiger partial charge in [0.25, 0.3) is 5.91 Å². The Morgan fingerprint density at radius 2 is 1.41 bits per heavy atom. The minimum absolute atomic E-state index is 0.194. The molecule has 6 N–H and O–H groups in total. The molecule has 0 aliphatic heterocycles. The molecule has 16 heteroatoms. The van der Waals surface area contributed by atoms with Gasteiger partial charge in [-0.1, -0.05) is 69.6 Å². The molecule has 49 heavy (non-hydrogen) atoms. The molecule has 0 aliphatic rings. The van der Waals surface area contributed by atoms with E-state index in [0.717, 1.165) is 21.3 Å². The Morgan fingerprint density at radius 1 is 0.878 bits per heavy atom. The van der Waals surface area contributed by atoms with E-state index in [1.165, 1.54) is 7.11 Å². The SMILES string of the molecule is COC(=O)N[C@H](C(=O)NNC[C@H](O)[C@H](Cc1ccc(I)cc1)NC(=O)[C@@H](NC(=O)OCCc1c(F)cc(Br)cc1F)C(C)(C)C)C(C)(C)C. The topological polar surface area (TPSA) is 167 Å². The van der Waals surface area contributed by atoms with Crippen LogP contribution in [0, 0.1) is 26.0 Å². The first-order chi connectivity index (χ1) is 22.7. The second-order valence-corrected chi connectivity index (χ2v) is 15.7. The molecule has 0 spiro atoms. The van der Waals surface area contributed by atoms with E-state index < -0.39 is 70.7 Å². The van der Waals surface area contributed by atoms with E-state index >= 15 is 0 Å². The van der Waals surface area contributed by atoms with Gasteiger partial charge in [0.05, 0.1) is 25.9 Å². The summed E-state index contributed by atoms with van der Waals surface area (Å²) in [6.45, 7) is 9.88. The van der Waals surface area contributed by atoms with Crippen LogP contribution in [0.15, 0.2) is 40.9 Å². The normalized spacial score (nSPS) is 14.1. The fourth-order valence-electron chi connectivity index (χ4n) is 4.62. The van der Waals surface area contributed by atoms with Gasteiger partial charge in [-0.05, 0) is 69.7 Å². The van der Waals surface area contributed by atoms with Gasteiger partial charge in [0.1, 0.15) is 23.7 Å². The molecule has 272 valence electrons. The van der Waals surface area contributed by atoms with Crippen molar-refractivity contribution >= 4 is 62.5 Å². The van der Waals surface area contributed by atoms with Crippen LogP contribution in [-0.4, -0.2) is 73.6 Å². The monoisotopic (exact) mass is 867 g/mol. The predicted octanol–water partition coefficient (Wildman–Crippen LogP) is 4.50. The molecular weight excluding hydrogens is 823 g/mol. The van der Waals surface area contributed by atoms with Gasteiger partial charge in [-0.2, -0.15) is 0 Å². The standard InChI is InChI=1S/C33H45BrF2IN5O7/c1-32(2,3)26(41-31(47)49-13-12-21-22(35)15-19(34)16-23(21)36)28(44)39-24(14-18-8-10-20(37)11-9-18)25(43)17-38-42-29(45)27(33(4,5)6)40-30(46)48-7/h8-11,15-16,24-27,38,43H,12-14,17H2,1-7H3,(H,39,44)(H,40,46)(H,41,47)(H,42,45)/t24-,25-,26+,27+/m0/s1. The molecule has 0 fully saturated rings. The summed E-state index contributed by atoms with van der Waals surface area (Å²) in [4.78, 5) is 51.1. The van der Waals surface area contributed by atoms with Crippen molar-refractivity contribution in [1.29, 1.82) is 0 Å². The molecule has 0 saturated heterocycles. The van der Waals surface area contributed by atoms with Crippen LogP contribution in [0.5, 0.6) is 0 Å². The van der Waals surface area contributed by atoms with Gasteiger partial charge in [0.2, 0.25) is 5.91 Å². The number of aliphatic hydroxyl groups is 1. The average molecular weight is 869 g/mol. The van der Waals surface area contributed by atoms with Gasteiger partial charge in [0.15, 0.2) is 0 Å². The van der Waals surface area contributed by atoms with E-state index in [0.29, 0.717) is 0 Å². The average Bonchev–Trinajstić information content (AvgIpc) is 2.99. The van der Waals surface area contributed by atoms with Gasteiger partial charge in [0, 0.05) is 26.6 Å². The summed E-state index contributed by atoms with van der Waals surface area (Å²) in [5.74, 6) is -2.78. The molecule has 4 amide bonds. The number of amides is 4. The van der Waals surface area contributed by atoms with Gasteiger partial charge in [-0.3, -0.25) is 15.0 Å². The number of alkyl carbamates (subject to hydrolysis) is 2. The van der Waals surface area contributed by atoms with E-state index in [9.17, 15) is 33.1 Å². The highest BCUT2D eigenvalue weighted by molar-refractivity contribution is 14.1. The summed E-state index contributed by atoms with van der Waals surface area (Å²) in [7, 11) is 1.18. The quantitative estimate of drug-likeness (QED) is 0.119. The zero-order valence-corrected chi connectivity index (χ0v) is 32.3. The maximum atomic E-state index is 14.2. The maximum Gasteiger partial charge on any atom is 0.407 e. The lowest BCUT2D eigenvalue weighted by Gasteiger charge is -2.33. The van der Waals surface area contributed by atoms with Crippen LogP contribution in [0.25, 0.3) is 0 Å². The number of nitrogens with one attached hydrogen (secondary N) is 5. The lowest BCUT2D eigenvalue weighted by molar-refractivity contribution is -0.128. The van der Waals surface area contributed by atoms with Crippen LogP contribution in [0.2, 0.25) is 0 Å². The van der Waals surface area contributed by atoms with E-state index in [-0.39, 0.29) is 36.0 Å². The lowest BCUT2D eigenvalue weighted by atomic mass is 9.85. The van der Waals surface area contributed by atoms with Gasteiger partial charge >= 0.3 is 12.2 Å². The number of rotatable bonds is 14. The maximum absolute atomic E-state index is 14.2. The lowest BCUT2D eigenvalue weighted by Crippen LogP contribution is -2.60. The molecule has 12 nitrogen and oxygen atoms in total. The Morgan fingerprint density at radius 3 is 1.94 bits per heavy atom. The van der Waals surface area contributed by atoms with Crippen molar-refractivity contribution < 1.29 is 42.5 Å². The molecule has 0 bridgehead atoms. The van der Waals surface area contributed by atoms with Crippen LogP contribution in [0.4, 0.5) is 18.4 Å². The first kappa shape index (κ1) is 42.1. The number of carbonyl (C=O) groups is 4. The highest BCUT2D eigenvalue weighted by Gasteiger charge is 2.36. The number of methoxy groups -OCH3 is 1. The Balaban J connectivity index is 2.14. The van der Waals surface area contributed by atoms with Crippen molar-refractivity contribution in [3.05, 3.63) is 67.2 Å². The molecule has 0 aliphatic carbocycles. The molecule has 0 unspecified atom stereocenters. The number of ether oxygens (including phenoxy) is 2. The minimum Gasteiger partial charge on any atom is -0.453 e. The molecular formula is C33H45BrF2IN5O7. The minimum atomic E-state index is -1.24. The molecule has 0 heterocycles. The van der Waals surface area contributed by atoms with Crippen molar-refractivity contribution in [3.63, 3.8) is 0 Å². The molecule has 2 aromatic rings. The van der Waals surface area contributed by atoms with Crippen molar-refractivity contribution in [1.82, 2.24) is 26.8 Å². The number of hydrogen-bond donors (Lipinski definition) is 6. The summed E-state index contributed by atoms with van der Waals surface area (Å²) in [5.41, 5.74) is 4.22. The fourth-order valence-corrected chi connectivity index (χ4v) is 5.39. The highest BCUT2D eigenvalue weighted by Crippen LogP contribution is 2.22. The van der Waals surface area contributed by atoms with Crippen LogP contribution in [-0.2, 0) is 31.9 Å². The number of aliphatic hydroxyl groups excluding tert-OH is 1. The van der Waals surface area contributed by atoms with Crippen LogP contribution in [0.3, 0.4) is 0 Å². The Kier molecular flexibility index (Phi) is 16.1. The zero-order valence-electron chi connectivity index (χ0n) is 28.5. The van der Waals surface area contributed by atoms with Crippen molar-refractivity contribution in [2.75, 3.05) is 20.3 Å². The van der Waals surface area contributed by atoms with Crippen molar-refractivity contribution in [3.8, 4) is 0 Å². The number of hydrazine groups is 1. The Hall–Kier alpha value is -3.09. The summed E-state index contributed by atoms with van der Waals surface area (Å²) >= 11 is 5.18. The zero-order chi connectivity index (χ0) is 37.1. The third kappa shape index (κ3) is 14.0. The molecule has 2 aromatic carbocycles. The third-order valence-corrected chi connectivity index (χ3v) is 8.52. The van der Waals surface area contributed by atoms with E-state index in [1.807, 2.05) is 24.3 Å². The van der Waals surface area contributed by atoms with Gasteiger partial charge in [-0.25, -0.2) is 23.8 Å². The largest absolute Gasteiger partial charge is 0.453 e. The van der Waals surface area contributed by atoms with Crippen LogP contribution in [0.1, 0.15) is 52.7 Å². The molecule has 0 aromatic heterocycles. The van der Waals surface area contributed by atoms with Crippen molar-refractivity contribution in [2.45, 2.75) is 78.6 Å². The Labute approximate surface area is 307 Å². The molecule has 0 saturated carbocycles. The van der Waals surface area contributed by atoms with E-state index in [4.69, 9.17) is 4.74 Å². The first-order valence-corrected chi connectivity index (χ1v) is 17.3. The summed E-state index contributed by atoms with van der Waals surface area (Å²) < 4.78 is 39.4. The second-order valence-electron chi connectivity index (χ2n) is 13.5. The van der Waals surface area contributed by atoms with Crippen molar-refractivity contribution in [2.24, 2.45) is 10.8 Å². The Bertz CT molecular complexity index is 1430. The molecule has 2 rings (SSSR count). The van der Waals surface area contributed by atoms with Gasteiger partial charge < -0.3 is 30.5 Å². The number of halogens is 4. The smallest absolute Gasteiger partial charge is 0.407 e. The number of benzene rings is 2. The first-order valence-electron chi connectivity index (χ1n) is 15.4. The fraction of sp³-hybridized carbons (Fsp3) is 0.515. The number of hydrogen-bond acceptors (Lipinski definition) is 8. The third-order valence-electron chi connectivity index (χ3n) is 7.34. The van der Waals surface area contributed by atoms with Crippen LogP contribution >= 0.6 is 38.5 Å².